The van der Waals surface area contributed by atoms with E-state index in [4.69, 9.17) is 4.42 Å². The highest BCUT2D eigenvalue weighted by Crippen LogP contribution is 2.30. The molecule has 0 spiro atoms. The van der Waals surface area contributed by atoms with Crippen LogP contribution >= 0.6 is 11.3 Å². The van der Waals surface area contributed by atoms with E-state index in [1.807, 2.05) is 17.5 Å². The number of rotatable bonds is 6. The van der Waals surface area contributed by atoms with Gasteiger partial charge in [0.05, 0.1) is 18.7 Å². The zero-order valence-corrected chi connectivity index (χ0v) is 17.1. The predicted molar refractivity (Wildman–Crippen MR) is 113 cm³/mol. The number of fused-ring (bicyclic) bond motifs is 1. The average molecular weight is 395 g/mol. The number of hydrogen-bond acceptors (Lipinski definition) is 4. The van der Waals surface area contributed by atoms with Crippen LogP contribution in [0, 0.1) is 0 Å². The molecule has 28 heavy (non-hydrogen) atoms. The molecule has 0 radical (unpaired) electrons. The maximum Gasteiger partial charge on any atom is 0.260 e. The molecule has 0 saturated carbocycles. The fourth-order valence-corrected chi connectivity index (χ4v) is 4.35. The van der Waals surface area contributed by atoms with E-state index in [9.17, 15) is 4.79 Å². The summed E-state index contributed by atoms with van der Waals surface area (Å²) in [5.74, 6) is 1.94. The summed E-state index contributed by atoms with van der Waals surface area (Å²) in [6.45, 7) is 5.94. The minimum atomic E-state index is -0.110. The van der Waals surface area contributed by atoms with E-state index in [1.165, 1.54) is 27.4 Å². The Balaban J connectivity index is 1.52. The van der Waals surface area contributed by atoms with E-state index in [0.717, 1.165) is 16.9 Å². The van der Waals surface area contributed by atoms with Crippen molar-refractivity contribution >= 4 is 21.6 Å². The zero-order valence-electron chi connectivity index (χ0n) is 16.3. The molecule has 144 valence electrons. The Bertz CT molecular complexity index is 1130. The first kappa shape index (κ1) is 18.7. The molecule has 1 atom stereocenters. The summed E-state index contributed by atoms with van der Waals surface area (Å²) in [7, 11) is 2.11. The van der Waals surface area contributed by atoms with Crippen molar-refractivity contribution in [3.8, 4) is 11.3 Å². The second-order valence-electron chi connectivity index (χ2n) is 7.53. The van der Waals surface area contributed by atoms with Gasteiger partial charge in [0.1, 0.15) is 23.7 Å². The van der Waals surface area contributed by atoms with Crippen LogP contribution in [0.3, 0.4) is 0 Å². The number of nitrogens with zero attached hydrogens (tertiary/aromatic N) is 1. The molecular formula is C22H24N3O2S+. The Hall–Kier alpha value is -2.70. The molecule has 0 aliphatic heterocycles. The molecule has 0 saturated heterocycles. The quantitative estimate of drug-likeness (QED) is 0.525. The normalized spacial score (nSPS) is 12.7. The van der Waals surface area contributed by atoms with Crippen LogP contribution in [0.25, 0.3) is 21.5 Å². The number of quaternary nitrogens is 1. The van der Waals surface area contributed by atoms with Gasteiger partial charge in [-0.3, -0.25) is 4.79 Å². The number of nitrogens with one attached hydrogen (secondary N) is 2. The van der Waals surface area contributed by atoms with E-state index in [-0.39, 0.29) is 5.56 Å². The summed E-state index contributed by atoms with van der Waals surface area (Å²) in [6.07, 6.45) is 1.61. The molecule has 1 aromatic carbocycles. The lowest BCUT2D eigenvalue weighted by Gasteiger charge is -2.14. The third-order valence-electron chi connectivity index (χ3n) is 4.90. The van der Waals surface area contributed by atoms with Gasteiger partial charge in [0.2, 0.25) is 0 Å². The Kier molecular flexibility index (Phi) is 5.15. The summed E-state index contributed by atoms with van der Waals surface area (Å²) in [4.78, 5) is 22.3. The Morgan fingerprint density at radius 3 is 2.64 bits per heavy atom. The van der Waals surface area contributed by atoms with Crippen LogP contribution in [-0.4, -0.2) is 17.0 Å². The lowest BCUT2D eigenvalue weighted by molar-refractivity contribution is -0.908. The van der Waals surface area contributed by atoms with Gasteiger partial charge in [0.25, 0.3) is 5.56 Å². The number of H-pyrrole nitrogens is 1. The maximum atomic E-state index is 12.7. The molecule has 1 unspecified atom stereocenters. The third kappa shape index (κ3) is 3.79. The molecule has 0 amide bonds. The average Bonchev–Trinajstić information content (AvgIpc) is 3.31. The molecule has 0 aliphatic rings. The number of furan rings is 1. The molecule has 0 aliphatic carbocycles. The number of aromatic amines is 1. The van der Waals surface area contributed by atoms with E-state index in [0.29, 0.717) is 29.4 Å². The smallest absolute Gasteiger partial charge is 0.260 e. The minimum absolute atomic E-state index is 0.110. The third-order valence-corrected chi connectivity index (χ3v) is 5.77. The van der Waals surface area contributed by atoms with Crippen LogP contribution in [-0.2, 0) is 13.1 Å². The molecule has 2 N–H and O–H groups in total. The summed E-state index contributed by atoms with van der Waals surface area (Å²) in [5.41, 5.74) is 3.32. The molecule has 5 nitrogen and oxygen atoms in total. The van der Waals surface area contributed by atoms with Crippen molar-refractivity contribution in [3.63, 3.8) is 0 Å². The van der Waals surface area contributed by atoms with Gasteiger partial charge >= 0.3 is 0 Å². The summed E-state index contributed by atoms with van der Waals surface area (Å²) in [5, 5.41) is 2.54. The number of benzene rings is 1. The fraction of sp³-hybridized carbons (Fsp3) is 0.273. The van der Waals surface area contributed by atoms with Crippen molar-refractivity contribution < 1.29 is 9.32 Å². The predicted octanol–water partition coefficient (Wildman–Crippen LogP) is 3.58. The van der Waals surface area contributed by atoms with Crippen LogP contribution in [0.1, 0.15) is 36.7 Å². The molecule has 3 aromatic heterocycles. The molecule has 6 heteroatoms. The highest BCUT2D eigenvalue weighted by Gasteiger charge is 2.16. The van der Waals surface area contributed by atoms with E-state index >= 15 is 0 Å². The number of aromatic nitrogens is 2. The van der Waals surface area contributed by atoms with Crippen LogP contribution in [0.4, 0.5) is 0 Å². The minimum Gasteiger partial charge on any atom is -0.464 e. The van der Waals surface area contributed by atoms with Gasteiger partial charge in [-0.1, -0.05) is 38.1 Å². The SMILES string of the molecule is CC(C)c1ccc(C[NH+](C)Cc2nc3scc(-c4ccco4)c3c(=O)[nH]2)cc1. The monoisotopic (exact) mass is 394 g/mol. The van der Waals surface area contributed by atoms with E-state index in [1.54, 1.807) is 6.26 Å². The van der Waals surface area contributed by atoms with Crippen LogP contribution in [0.2, 0.25) is 0 Å². The summed E-state index contributed by atoms with van der Waals surface area (Å²) < 4.78 is 5.45. The first-order valence-corrected chi connectivity index (χ1v) is 10.3. The molecule has 4 aromatic rings. The van der Waals surface area contributed by atoms with Gasteiger partial charge in [-0.15, -0.1) is 11.3 Å². The molecular weight excluding hydrogens is 370 g/mol. The van der Waals surface area contributed by atoms with Gasteiger partial charge in [-0.05, 0) is 23.6 Å². The molecule has 3 heterocycles. The Morgan fingerprint density at radius 1 is 1.18 bits per heavy atom. The molecule has 0 bridgehead atoms. The van der Waals surface area contributed by atoms with Crippen LogP contribution in [0.15, 0.2) is 57.3 Å². The second kappa shape index (κ2) is 7.73. The van der Waals surface area contributed by atoms with Crippen molar-refractivity contribution in [1.29, 1.82) is 0 Å². The Morgan fingerprint density at radius 2 is 1.96 bits per heavy atom. The standard InChI is InChI=1S/C22H23N3O2S/c1-14(2)16-8-6-15(7-9-16)11-25(3)12-19-23-21(26)20-17(13-28-22(20)24-19)18-5-4-10-27-18/h4-10,13-14H,11-12H2,1-3H3,(H,23,24,26)/p+1. The van der Waals surface area contributed by atoms with Crippen molar-refractivity contribution in [2.24, 2.45) is 0 Å². The van der Waals surface area contributed by atoms with Crippen LogP contribution < -0.4 is 10.5 Å². The second-order valence-corrected chi connectivity index (χ2v) is 8.38. The first-order chi connectivity index (χ1) is 13.5. The fourth-order valence-electron chi connectivity index (χ4n) is 3.41. The van der Waals surface area contributed by atoms with Gasteiger partial charge in [0.15, 0.2) is 5.82 Å². The highest BCUT2D eigenvalue weighted by atomic mass is 32.1. The van der Waals surface area contributed by atoms with Gasteiger partial charge in [-0.25, -0.2) is 4.98 Å². The first-order valence-electron chi connectivity index (χ1n) is 9.45. The van der Waals surface area contributed by atoms with Gasteiger partial charge in [0, 0.05) is 16.5 Å². The largest absolute Gasteiger partial charge is 0.464 e. The van der Waals surface area contributed by atoms with Crippen LogP contribution in [0.5, 0.6) is 0 Å². The highest BCUT2D eigenvalue weighted by molar-refractivity contribution is 7.17. The van der Waals surface area contributed by atoms with E-state index in [2.05, 4.69) is 55.1 Å². The summed E-state index contributed by atoms with van der Waals surface area (Å²) >= 11 is 1.48. The van der Waals surface area contributed by atoms with Crippen molar-refractivity contribution in [2.75, 3.05) is 7.05 Å². The topological polar surface area (TPSA) is 63.3 Å². The lowest BCUT2D eigenvalue weighted by Crippen LogP contribution is -3.06. The molecule has 0 fully saturated rings. The van der Waals surface area contributed by atoms with Crippen molar-refractivity contribution in [2.45, 2.75) is 32.9 Å². The number of hydrogen-bond donors (Lipinski definition) is 2. The zero-order chi connectivity index (χ0) is 19.7. The van der Waals surface area contributed by atoms with Crippen molar-refractivity contribution in [3.05, 3.63) is 75.3 Å². The maximum absolute atomic E-state index is 12.7. The number of thiophene rings is 1. The van der Waals surface area contributed by atoms with Gasteiger partial charge < -0.3 is 14.3 Å². The lowest BCUT2D eigenvalue weighted by atomic mass is 10.0. The van der Waals surface area contributed by atoms with Gasteiger partial charge in [-0.2, -0.15) is 0 Å². The molecule has 4 rings (SSSR count). The van der Waals surface area contributed by atoms with Crippen molar-refractivity contribution in [1.82, 2.24) is 9.97 Å². The summed E-state index contributed by atoms with van der Waals surface area (Å²) in [6, 6.07) is 12.4. The Labute approximate surface area is 167 Å². The van der Waals surface area contributed by atoms with E-state index < -0.39 is 0 Å².